The molecule has 0 saturated heterocycles. The van der Waals surface area contributed by atoms with Crippen LogP contribution in [-0.2, 0) is 5.41 Å². The number of unbranched alkanes of at least 4 members (excludes halogenated alkanes) is 1. The fourth-order valence-electron chi connectivity index (χ4n) is 3.17. The zero-order valence-electron chi connectivity index (χ0n) is 15.8. The Balaban J connectivity index is 2.12. The molecule has 0 bridgehead atoms. The molecule has 132 valence electrons. The summed E-state index contributed by atoms with van der Waals surface area (Å²) in [5.74, 6) is 1.11. The van der Waals surface area contributed by atoms with Crippen molar-refractivity contribution in [3.63, 3.8) is 0 Å². The van der Waals surface area contributed by atoms with Crippen LogP contribution in [0.5, 0.6) is 5.75 Å². The van der Waals surface area contributed by atoms with Crippen molar-refractivity contribution in [2.45, 2.75) is 51.3 Å². The van der Waals surface area contributed by atoms with Gasteiger partial charge in [-0.2, -0.15) is 0 Å². The van der Waals surface area contributed by atoms with Crippen LogP contribution in [0.1, 0.15) is 57.2 Å². The number of rotatable bonds is 5. The van der Waals surface area contributed by atoms with Crippen LogP contribution in [0.25, 0.3) is 10.0 Å². The maximum atomic E-state index is 6.34. The molecule has 0 unspecified atom stereocenters. The van der Waals surface area contributed by atoms with E-state index in [9.17, 15) is 0 Å². The Labute approximate surface area is 158 Å². The van der Waals surface area contributed by atoms with Crippen molar-refractivity contribution >= 4 is 25.0 Å². The van der Waals surface area contributed by atoms with Gasteiger partial charge in [0.15, 0.2) is 0 Å². The molecular weight excluding hydrogens is 371 g/mol. The van der Waals surface area contributed by atoms with E-state index in [0.29, 0.717) is 21.6 Å². The summed E-state index contributed by atoms with van der Waals surface area (Å²) in [6.07, 6.45) is 2.57. The second-order valence-corrected chi connectivity index (χ2v) is 9.92. The minimum absolute atomic E-state index is 0.0944. The zero-order valence-corrected chi connectivity index (χ0v) is 17.5. The number of fused-ring (bicyclic) bond motifs is 1. The molecule has 0 aliphatic carbocycles. The molecule has 0 fully saturated rings. The third kappa shape index (κ3) is 4.02. The Morgan fingerprint density at radius 2 is 1.76 bits per heavy atom. The van der Waals surface area contributed by atoms with Crippen molar-refractivity contribution in [3.05, 3.63) is 65.2 Å². The topological polar surface area (TPSA) is 9.23 Å². The predicted molar refractivity (Wildman–Crippen MR) is 109 cm³/mol. The van der Waals surface area contributed by atoms with Gasteiger partial charge in [0, 0.05) is 0 Å². The number of ether oxygens (including phenoxy) is 1. The van der Waals surface area contributed by atoms with Crippen molar-refractivity contribution in [3.8, 4) is 5.75 Å². The first-order valence-corrected chi connectivity index (χ1v) is 11.3. The van der Waals surface area contributed by atoms with Crippen molar-refractivity contribution in [1.29, 1.82) is 0 Å². The van der Waals surface area contributed by atoms with Gasteiger partial charge in [-0.05, 0) is 0 Å². The summed E-state index contributed by atoms with van der Waals surface area (Å²) in [4.78, 5) is 0. The summed E-state index contributed by atoms with van der Waals surface area (Å²) in [5.41, 5.74) is 5.43. The molecule has 1 aliphatic heterocycles. The van der Waals surface area contributed by atoms with Gasteiger partial charge in [-0.15, -0.1) is 0 Å². The Bertz CT molecular complexity index is 753. The average molecular weight is 399 g/mol. The molecule has 25 heavy (non-hydrogen) atoms. The summed E-state index contributed by atoms with van der Waals surface area (Å²) < 4.78 is 7.88. The van der Waals surface area contributed by atoms with Gasteiger partial charge in [0.2, 0.25) is 0 Å². The molecule has 0 amide bonds. The first kappa shape index (κ1) is 18.3. The molecule has 2 heteroatoms. The number of hydrogen-bond donors (Lipinski definition) is 0. The third-order valence-corrected chi connectivity index (χ3v) is 7.19. The van der Waals surface area contributed by atoms with Gasteiger partial charge in [-0.3, -0.25) is 0 Å². The molecule has 2 aromatic rings. The van der Waals surface area contributed by atoms with E-state index in [1.165, 1.54) is 40.4 Å². The molecule has 0 aromatic heterocycles. The molecule has 2 aromatic carbocycles. The van der Waals surface area contributed by atoms with Gasteiger partial charge in [0.1, 0.15) is 0 Å². The first-order chi connectivity index (χ1) is 12.0. The fourth-order valence-corrected chi connectivity index (χ4v) is 5.91. The van der Waals surface area contributed by atoms with E-state index in [4.69, 9.17) is 4.74 Å². The Morgan fingerprint density at radius 1 is 1.00 bits per heavy atom. The quantitative estimate of drug-likeness (QED) is 0.432. The second-order valence-electron chi connectivity index (χ2n) is 7.60. The van der Waals surface area contributed by atoms with Crippen LogP contribution in [0.4, 0.5) is 0 Å². The molecule has 0 saturated carbocycles. The van der Waals surface area contributed by atoms with Crippen LogP contribution < -0.4 is 4.74 Å². The van der Waals surface area contributed by atoms with Crippen LogP contribution in [0, 0.1) is 0 Å². The number of benzene rings is 2. The number of hydrogen-bond acceptors (Lipinski definition) is 1. The van der Waals surface area contributed by atoms with Crippen LogP contribution in [-0.4, -0.2) is 21.6 Å². The van der Waals surface area contributed by atoms with E-state index in [1.54, 1.807) is 4.47 Å². The molecule has 0 N–H and O–H groups in total. The summed E-state index contributed by atoms with van der Waals surface area (Å²) in [6, 6.07) is 17.5. The van der Waals surface area contributed by atoms with Gasteiger partial charge in [-0.1, -0.05) is 0 Å². The molecule has 0 radical (unpaired) electrons. The van der Waals surface area contributed by atoms with Gasteiger partial charge < -0.3 is 0 Å². The van der Waals surface area contributed by atoms with Crippen LogP contribution in [0.15, 0.2) is 48.5 Å². The summed E-state index contributed by atoms with van der Waals surface area (Å²) >= 11 is 0.482. The summed E-state index contributed by atoms with van der Waals surface area (Å²) in [5, 5.41) is 1.30. The van der Waals surface area contributed by atoms with Crippen molar-refractivity contribution in [2.75, 3.05) is 6.61 Å². The standard InChI is InChI=1S/C23H28OSe/c1-5-6-15-25-22-18-13-10-14-20(23(2,3)4)21(18)24-16-19(22)17-11-8-7-9-12-17/h7-14H,5-6,15-16H2,1-4H3. The molecule has 0 atom stereocenters. The third-order valence-electron chi connectivity index (χ3n) is 4.57. The second kappa shape index (κ2) is 7.81. The van der Waals surface area contributed by atoms with Crippen LogP contribution in [0.3, 0.4) is 0 Å². The van der Waals surface area contributed by atoms with Crippen LogP contribution in [0.2, 0.25) is 5.32 Å². The van der Waals surface area contributed by atoms with Crippen molar-refractivity contribution < 1.29 is 4.74 Å². The molecule has 1 nitrogen and oxygen atoms in total. The first-order valence-electron chi connectivity index (χ1n) is 9.20. The monoisotopic (exact) mass is 400 g/mol. The Hall–Kier alpha value is -1.50. The zero-order chi connectivity index (χ0) is 17.9. The molecule has 1 heterocycles. The summed E-state index contributed by atoms with van der Waals surface area (Å²) in [6.45, 7) is 9.77. The van der Waals surface area contributed by atoms with E-state index < -0.39 is 0 Å². The van der Waals surface area contributed by atoms with Crippen LogP contribution >= 0.6 is 0 Å². The molecule has 1 aliphatic rings. The van der Waals surface area contributed by atoms with E-state index >= 15 is 0 Å². The minimum atomic E-state index is 0.0944. The maximum absolute atomic E-state index is 6.34. The van der Waals surface area contributed by atoms with E-state index in [0.717, 1.165) is 5.75 Å². The van der Waals surface area contributed by atoms with Gasteiger partial charge in [-0.25, -0.2) is 0 Å². The average Bonchev–Trinajstić information content (AvgIpc) is 2.61. The Morgan fingerprint density at radius 3 is 2.44 bits per heavy atom. The predicted octanol–water partition coefficient (Wildman–Crippen LogP) is 6.17. The molecule has 0 spiro atoms. The Kier molecular flexibility index (Phi) is 5.71. The molecule has 3 rings (SSSR count). The molecular formula is C23H28OSe. The van der Waals surface area contributed by atoms with E-state index in [1.807, 2.05) is 0 Å². The van der Waals surface area contributed by atoms with Crippen molar-refractivity contribution in [2.24, 2.45) is 0 Å². The van der Waals surface area contributed by atoms with Gasteiger partial charge >= 0.3 is 159 Å². The summed E-state index contributed by atoms with van der Waals surface area (Å²) in [7, 11) is 0. The van der Waals surface area contributed by atoms with Gasteiger partial charge in [0.25, 0.3) is 0 Å². The normalized spacial score (nSPS) is 14.2. The van der Waals surface area contributed by atoms with Gasteiger partial charge in [0.05, 0.1) is 0 Å². The SMILES string of the molecule is CCCC[Se]C1=C(c2ccccc2)COc2c1cccc2C(C)(C)C. The van der Waals surface area contributed by atoms with Crippen molar-refractivity contribution in [1.82, 2.24) is 0 Å². The number of para-hydroxylation sites is 1. The van der Waals surface area contributed by atoms with E-state index in [-0.39, 0.29) is 5.41 Å². The van der Waals surface area contributed by atoms with E-state index in [2.05, 4.69) is 76.2 Å². The fraction of sp³-hybridized carbons (Fsp3) is 0.391.